The molecule has 0 unspecified atom stereocenters. The minimum Gasteiger partial charge on any atom is -0.481 e. The molecule has 0 radical (unpaired) electrons. The van der Waals surface area contributed by atoms with E-state index in [9.17, 15) is 4.79 Å². The van der Waals surface area contributed by atoms with Crippen molar-refractivity contribution in [1.29, 1.82) is 0 Å². The maximum absolute atomic E-state index is 10.3. The molecular weight excluding hydrogens is 300 g/mol. The van der Waals surface area contributed by atoms with Crippen molar-refractivity contribution >= 4 is 5.97 Å². The number of aliphatic carboxylic acids is 1. The highest BCUT2D eigenvalue weighted by Gasteiger charge is 1.96. The van der Waals surface area contributed by atoms with E-state index in [1.165, 1.54) is 25.7 Å². The van der Waals surface area contributed by atoms with Gasteiger partial charge in [-0.05, 0) is 12.8 Å². The number of ether oxygens (including phenoxy) is 4. The van der Waals surface area contributed by atoms with Crippen LogP contribution in [0.25, 0.3) is 0 Å². The van der Waals surface area contributed by atoms with Crippen LogP contribution in [-0.2, 0) is 23.7 Å². The molecule has 0 saturated carbocycles. The van der Waals surface area contributed by atoms with Gasteiger partial charge in [0.25, 0.3) is 0 Å². The van der Waals surface area contributed by atoms with Crippen LogP contribution < -0.4 is 0 Å². The topological polar surface area (TPSA) is 74.2 Å². The van der Waals surface area contributed by atoms with Gasteiger partial charge in [0.15, 0.2) is 0 Å². The zero-order valence-corrected chi connectivity index (χ0v) is 14.6. The molecule has 1 N–H and O–H groups in total. The minimum absolute atomic E-state index is 0.148. The van der Waals surface area contributed by atoms with Crippen molar-refractivity contribution in [3.05, 3.63) is 0 Å². The Morgan fingerprint density at radius 3 is 1.57 bits per heavy atom. The second-order valence-electron chi connectivity index (χ2n) is 5.36. The Bertz CT molecular complexity index is 247. The third kappa shape index (κ3) is 21.3. The summed E-state index contributed by atoms with van der Waals surface area (Å²) in [6, 6.07) is 0. The first kappa shape index (κ1) is 22.3. The first-order valence-corrected chi connectivity index (χ1v) is 8.80. The molecule has 23 heavy (non-hydrogen) atoms. The highest BCUT2D eigenvalue weighted by Crippen LogP contribution is 2.02. The SMILES string of the molecule is CCCCCCCOCCOCCOCCOCCCC(=O)O. The van der Waals surface area contributed by atoms with Crippen LogP contribution in [0.2, 0.25) is 0 Å². The second-order valence-corrected chi connectivity index (χ2v) is 5.36. The molecule has 138 valence electrons. The van der Waals surface area contributed by atoms with Crippen molar-refractivity contribution in [3.8, 4) is 0 Å². The van der Waals surface area contributed by atoms with E-state index in [4.69, 9.17) is 24.1 Å². The van der Waals surface area contributed by atoms with Gasteiger partial charge < -0.3 is 24.1 Å². The van der Waals surface area contributed by atoms with Crippen LogP contribution in [0.1, 0.15) is 51.9 Å². The Morgan fingerprint density at radius 1 is 0.652 bits per heavy atom. The van der Waals surface area contributed by atoms with E-state index in [1.807, 2.05) is 0 Å². The summed E-state index contributed by atoms with van der Waals surface area (Å²) in [5.41, 5.74) is 0. The van der Waals surface area contributed by atoms with Crippen LogP contribution in [0, 0.1) is 0 Å². The van der Waals surface area contributed by atoms with E-state index in [-0.39, 0.29) is 6.42 Å². The summed E-state index contributed by atoms with van der Waals surface area (Å²) in [6.07, 6.45) is 6.96. The number of carbonyl (C=O) groups is 1. The summed E-state index contributed by atoms with van der Waals surface area (Å²) in [7, 11) is 0. The molecule has 0 fully saturated rings. The van der Waals surface area contributed by atoms with E-state index in [2.05, 4.69) is 6.92 Å². The van der Waals surface area contributed by atoms with Gasteiger partial charge in [0.05, 0.1) is 39.6 Å². The quantitative estimate of drug-likeness (QED) is 0.366. The monoisotopic (exact) mass is 334 g/mol. The Labute approximate surface area is 140 Å². The lowest BCUT2D eigenvalue weighted by Crippen LogP contribution is -2.12. The standard InChI is InChI=1S/C17H34O6/c1-2-3-4-5-6-9-20-11-13-22-15-16-23-14-12-21-10-7-8-17(18)19/h2-16H2,1H3,(H,18,19). The third-order valence-corrected chi connectivity index (χ3v) is 3.19. The van der Waals surface area contributed by atoms with Gasteiger partial charge in [0.1, 0.15) is 0 Å². The first-order valence-electron chi connectivity index (χ1n) is 8.80. The molecule has 0 aromatic heterocycles. The van der Waals surface area contributed by atoms with Crippen molar-refractivity contribution < 1.29 is 28.8 Å². The Morgan fingerprint density at radius 2 is 1.09 bits per heavy atom. The number of carboxylic acid groups (broad SMARTS) is 1. The lowest BCUT2D eigenvalue weighted by Gasteiger charge is -2.07. The maximum atomic E-state index is 10.3. The van der Waals surface area contributed by atoms with Gasteiger partial charge in [-0.3, -0.25) is 4.79 Å². The van der Waals surface area contributed by atoms with Crippen molar-refractivity contribution in [2.45, 2.75) is 51.9 Å². The van der Waals surface area contributed by atoms with Crippen LogP contribution in [0.3, 0.4) is 0 Å². The highest BCUT2D eigenvalue weighted by atomic mass is 16.6. The molecule has 0 aliphatic rings. The zero-order chi connectivity index (χ0) is 17.0. The molecule has 6 heteroatoms. The molecule has 0 spiro atoms. The normalized spacial score (nSPS) is 11.0. The summed E-state index contributed by atoms with van der Waals surface area (Å²) in [4.78, 5) is 10.3. The predicted octanol–water partition coefficient (Wildman–Crippen LogP) is 2.89. The van der Waals surface area contributed by atoms with E-state index >= 15 is 0 Å². The molecule has 0 heterocycles. The molecule has 0 aliphatic heterocycles. The van der Waals surface area contributed by atoms with Crippen LogP contribution in [0.5, 0.6) is 0 Å². The largest absolute Gasteiger partial charge is 0.481 e. The number of hydrogen-bond donors (Lipinski definition) is 1. The van der Waals surface area contributed by atoms with Crippen molar-refractivity contribution in [2.75, 3.05) is 52.9 Å². The van der Waals surface area contributed by atoms with Crippen molar-refractivity contribution in [3.63, 3.8) is 0 Å². The van der Waals surface area contributed by atoms with E-state index in [0.29, 0.717) is 52.7 Å². The predicted molar refractivity (Wildman–Crippen MR) is 88.9 cm³/mol. The number of hydrogen-bond acceptors (Lipinski definition) is 5. The molecular formula is C17H34O6. The maximum Gasteiger partial charge on any atom is 0.303 e. The lowest BCUT2D eigenvalue weighted by molar-refractivity contribution is -0.137. The van der Waals surface area contributed by atoms with E-state index in [0.717, 1.165) is 13.0 Å². The Balaban J connectivity index is 2.96. The summed E-state index contributed by atoms with van der Waals surface area (Å²) >= 11 is 0. The van der Waals surface area contributed by atoms with Gasteiger partial charge in [-0.2, -0.15) is 0 Å². The number of carboxylic acids is 1. The number of rotatable bonds is 19. The third-order valence-electron chi connectivity index (χ3n) is 3.19. The molecule has 0 bridgehead atoms. The zero-order valence-electron chi connectivity index (χ0n) is 14.6. The summed E-state index contributed by atoms with van der Waals surface area (Å²) in [6.45, 7) is 6.82. The van der Waals surface area contributed by atoms with Crippen LogP contribution in [0.15, 0.2) is 0 Å². The average molecular weight is 334 g/mol. The fourth-order valence-corrected chi connectivity index (χ4v) is 1.89. The number of unbranched alkanes of at least 4 members (excludes halogenated alkanes) is 4. The summed E-state index contributed by atoms with van der Waals surface area (Å²) < 4.78 is 21.5. The van der Waals surface area contributed by atoms with E-state index in [1.54, 1.807) is 0 Å². The molecule has 0 aliphatic carbocycles. The first-order chi connectivity index (χ1) is 11.3. The van der Waals surface area contributed by atoms with Crippen LogP contribution in [-0.4, -0.2) is 63.9 Å². The smallest absolute Gasteiger partial charge is 0.303 e. The molecule has 6 nitrogen and oxygen atoms in total. The van der Waals surface area contributed by atoms with Crippen molar-refractivity contribution in [2.24, 2.45) is 0 Å². The fraction of sp³-hybridized carbons (Fsp3) is 0.941. The molecule has 0 amide bonds. The lowest BCUT2D eigenvalue weighted by atomic mass is 10.2. The van der Waals surface area contributed by atoms with Gasteiger partial charge in [0, 0.05) is 19.6 Å². The van der Waals surface area contributed by atoms with Gasteiger partial charge in [-0.15, -0.1) is 0 Å². The summed E-state index contributed by atoms with van der Waals surface area (Å²) in [5.74, 6) is -0.789. The molecule has 0 saturated heterocycles. The van der Waals surface area contributed by atoms with Gasteiger partial charge in [-0.25, -0.2) is 0 Å². The van der Waals surface area contributed by atoms with Crippen molar-refractivity contribution in [1.82, 2.24) is 0 Å². The van der Waals surface area contributed by atoms with E-state index < -0.39 is 5.97 Å². The van der Waals surface area contributed by atoms with Gasteiger partial charge >= 0.3 is 5.97 Å². The molecule has 0 aromatic carbocycles. The van der Waals surface area contributed by atoms with Gasteiger partial charge in [-0.1, -0.05) is 32.6 Å². The van der Waals surface area contributed by atoms with Gasteiger partial charge in [0.2, 0.25) is 0 Å². The summed E-state index contributed by atoms with van der Waals surface area (Å²) in [5, 5.41) is 8.45. The molecule has 0 rings (SSSR count). The minimum atomic E-state index is -0.789. The Kier molecular flexibility index (Phi) is 18.8. The Hall–Kier alpha value is -0.690. The average Bonchev–Trinajstić information content (AvgIpc) is 2.53. The molecule has 0 aromatic rings. The second kappa shape index (κ2) is 19.4. The van der Waals surface area contributed by atoms with Crippen LogP contribution >= 0.6 is 0 Å². The fourth-order valence-electron chi connectivity index (χ4n) is 1.89. The highest BCUT2D eigenvalue weighted by molar-refractivity contribution is 5.66. The van der Waals surface area contributed by atoms with Crippen LogP contribution in [0.4, 0.5) is 0 Å². The molecule has 0 atom stereocenters.